The molecule has 3 aromatic rings. The molecule has 8 nitrogen and oxygen atoms in total. The van der Waals surface area contributed by atoms with Crippen LogP contribution in [0.15, 0.2) is 60.9 Å². The first-order chi connectivity index (χ1) is 15.7. The van der Waals surface area contributed by atoms with Crippen LogP contribution < -0.4 is 19.1 Å². The van der Waals surface area contributed by atoms with Crippen LogP contribution in [0.3, 0.4) is 0 Å². The van der Waals surface area contributed by atoms with E-state index in [1.807, 2.05) is 41.3 Å². The van der Waals surface area contributed by atoms with Crippen molar-refractivity contribution < 1.29 is 19.0 Å². The number of aromatic nitrogens is 2. The molecule has 32 heavy (non-hydrogen) atoms. The molecule has 1 amide bonds. The van der Waals surface area contributed by atoms with Crippen LogP contribution in [0.2, 0.25) is 0 Å². The first-order valence-corrected chi connectivity index (χ1v) is 10.6. The van der Waals surface area contributed by atoms with E-state index in [0.29, 0.717) is 43.4 Å². The highest BCUT2D eigenvalue weighted by molar-refractivity contribution is 5.81. The fourth-order valence-electron chi connectivity index (χ4n) is 3.90. The Morgan fingerprint density at radius 2 is 1.75 bits per heavy atom. The molecule has 1 fully saturated rings. The van der Waals surface area contributed by atoms with E-state index in [1.54, 1.807) is 31.5 Å². The Labute approximate surface area is 186 Å². The number of nitrogens with zero attached hydrogens (tertiary/aromatic N) is 4. The van der Waals surface area contributed by atoms with Gasteiger partial charge in [-0.2, -0.15) is 0 Å². The van der Waals surface area contributed by atoms with Gasteiger partial charge in [0.15, 0.2) is 17.6 Å². The summed E-state index contributed by atoms with van der Waals surface area (Å²) in [6.45, 7) is 4.60. The van der Waals surface area contributed by atoms with Crippen LogP contribution in [0.5, 0.6) is 17.2 Å². The zero-order chi connectivity index (χ0) is 21.9. The summed E-state index contributed by atoms with van der Waals surface area (Å²) in [6, 6.07) is 17.4. The highest BCUT2D eigenvalue weighted by Crippen LogP contribution is 2.35. The van der Waals surface area contributed by atoms with Crippen molar-refractivity contribution in [2.75, 3.05) is 37.9 Å². The van der Waals surface area contributed by atoms with Gasteiger partial charge in [-0.15, -0.1) is 0 Å². The van der Waals surface area contributed by atoms with E-state index in [1.165, 1.54) is 0 Å². The van der Waals surface area contributed by atoms with Crippen LogP contribution in [0.25, 0.3) is 11.3 Å². The van der Waals surface area contributed by atoms with Gasteiger partial charge < -0.3 is 24.0 Å². The molecule has 5 rings (SSSR count). The second-order valence-corrected chi connectivity index (χ2v) is 7.71. The van der Waals surface area contributed by atoms with Gasteiger partial charge in [-0.25, -0.2) is 9.97 Å². The third kappa shape index (κ3) is 4.16. The van der Waals surface area contributed by atoms with E-state index < -0.39 is 6.10 Å². The number of piperazine rings is 1. The lowest BCUT2D eigenvalue weighted by Crippen LogP contribution is -2.52. The molecule has 1 unspecified atom stereocenters. The summed E-state index contributed by atoms with van der Waals surface area (Å²) >= 11 is 0. The van der Waals surface area contributed by atoms with Gasteiger partial charge in [-0.1, -0.05) is 30.3 Å². The fraction of sp³-hybridized carbons (Fsp3) is 0.292. The van der Waals surface area contributed by atoms with E-state index >= 15 is 0 Å². The molecular formula is C24H24N4O4. The van der Waals surface area contributed by atoms with Crippen LogP contribution in [0.4, 0.5) is 5.82 Å². The number of hydrogen-bond donors (Lipinski definition) is 0. The Kier molecular flexibility index (Phi) is 5.49. The van der Waals surface area contributed by atoms with Gasteiger partial charge in [0.1, 0.15) is 17.9 Å². The first-order valence-electron chi connectivity index (χ1n) is 10.6. The molecule has 0 spiro atoms. The predicted molar refractivity (Wildman–Crippen MR) is 119 cm³/mol. The summed E-state index contributed by atoms with van der Waals surface area (Å²) in [5, 5.41) is 0. The number of fused-ring (bicyclic) bond motifs is 1. The molecule has 1 saturated heterocycles. The van der Waals surface area contributed by atoms with Crippen molar-refractivity contribution in [1.82, 2.24) is 14.9 Å². The number of ether oxygens (including phenoxy) is 3. The average Bonchev–Trinajstić information content (AvgIpc) is 3.32. The number of carbonyl (C=O) groups is 1. The first kappa shape index (κ1) is 20.1. The number of benzene rings is 2. The maximum atomic E-state index is 12.9. The minimum Gasteiger partial charge on any atom is -0.481 e. The molecule has 2 aliphatic rings. The van der Waals surface area contributed by atoms with Crippen molar-refractivity contribution in [3.8, 4) is 28.5 Å². The third-order valence-corrected chi connectivity index (χ3v) is 5.64. The summed E-state index contributed by atoms with van der Waals surface area (Å²) < 4.78 is 16.6. The Bertz CT molecular complexity index is 1100. The van der Waals surface area contributed by atoms with Gasteiger partial charge in [0, 0.05) is 43.9 Å². The summed E-state index contributed by atoms with van der Waals surface area (Å²) in [5.74, 6) is 2.75. The zero-order valence-corrected chi connectivity index (χ0v) is 17.8. The predicted octanol–water partition coefficient (Wildman–Crippen LogP) is 2.99. The summed E-state index contributed by atoms with van der Waals surface area (Å²) in [5.41, 5.74) is 1.94. The average molecular weight is 432 g/mol. The molecule has 1 aromatic heterocycles. The van der Waals surface area contributed by atoms with E-state index in [2.05, 4.69) is 14.9 Å². The quantitative estimate of drug-likeness (QED) is 0.613. The molecule has 0 radical (unpaired) electrons. The van der Waals surface area contributed by atoms with Gasteiger partial charge in [0.2, 0.25) is 6.79 Å². The van der Waals surface area contributed by atoms with Crippen molar-refractivity contribution >= 4 is 11.7 Å². The van der Waals surface area contributed by atoms with Crippen molar-refractivity contribution in [3.05, 3.63) is 60.9 Å². The lowest BCUT2D eigenvalue weighted by atomic mass is 10.1. The molecule has 8 heteroatoms. The van der Waals surface area contributed by atoms with Gasteiger partial charge in [-0.3, -0.25) is 4.79 Å². The van der Waals surface area contributed by atoms with Gasteiger partial charge in [0.25, 0.3) is 5.91 Å². The monoisotopic (exact) mass is 432 g/mol. The highest BCUT2D eigenvalue weighted by Gasteiger charge is 2.27. The minimum atomic E-state index is -0.592. The number of anilines is 1. The van der Waals surface area contributed by atoms with Crippen LogP contribution in [-0.4, -0.2) is 59.9 Å². The second-order valence-electron chi connectivity index (χ2n) is 7.71. The van der Waals surface area contributed by atoms with Crippen LogP contribution >= 0.6 is 0 Å². The fourth-order valence-corrected chi connectivity index (χ4v) is 3.90. The van der Waals surface area contributed by atoms with E-state index in [9.17, 15) is 4.79 Å². The van der Waals surface area contributed by atoms with Gasteiger partial charge in [-0.05, 0) is 19.1 Å². The van der Waals surface area contributed by atoms with E-state index in [0.717, 1.165) is 17.1 Å². The molecule has 0 bridgehead atoms. The number of hydrogen-bond acceptors (Lipinski definition) is 7. The molecule has 164 valence electrons. The zero-order valence-electron chi connectivity index (χ0n) is 17.8. The Morgan fingerprint density at radius 3 is 2.56 bits per heavy atom. The van der Waals surface area contributed by atoms with Crippen molar-refractivity contribution in [1.29, 1.82) is 0 Å². The van der Waals surface area contributed by atoms with Crippen molar-refractivity contribution in [3.63, 3.8) is 0 Å². The number of rotatable bonds is 5. The number of amides is 1. The van der Waals surface area contributed by atoms with Gasteiger partial charge >= 0.3 is 0 Å². The number of carbonyl (C=O) groups excluding carboxylic acids is 1. The standard InChI is InChI=1S/C24H24N4O4/c1-17(32-19-7-8-21-22(13-19)31-16-30-21)24(29)28-11-9-27(10-12-28)23-14-20(25-15-26-23)18-5-3-2-4-6-18/h2-8,13-15,17H,9-12,16H2,1H3. The van der Waals surface area contributed by atoms with Crippen LogP contribution in [-0.2, 0) is 4.79 Å². The van der Waals surface area contributed by atoms with Crippen LogP contribution in [0.1, 0.15) is 6.92 Å². The maximum Gasteiger partial charge on any atom is 0.263 e. The minimum absolute atomic E-state index is 0.0324. The molecule has 0 N–H and O–H groups in total. The summed E-state index contributed by atoms with van der Waals surface area (Å²) in [7, 11) is 0. The Hall–Kier alpha value is -3.81. The molecule has 0 aliphatic carbocycles. The molecule has 2 aromatic carbocycles. The molecule has 3 heterocycles. The lowest BCUT2D eigenvalue weighted by Gasteiger charge is -2.36. The van der Waals surface area contributed by atoms with Gasteiger partial charge in [0.05, 0.1) is 5.69 Å². The molecule has 1 atom stereocenters. The highest BCUT2D eigenvalue weighted by atomic mass is 16.7. The third-order valence-electron chi connectivity index (χ3n) is 5.64. The van der Waals surface area contributed by atoms with E-state index in [-0.39, 0.29) is 12.7 Å². The van der Waals surface area contributed by atoms with E-state index in [4.69, 9.17) is 14.2 Å². The Morgan fingerprint density at radius 1 is 0.969 bits per heavy atom. The Balaban J connectivity index is 1.19. The summed E-state index contributed by atoms with van der Waals surface area (Å²) in [4.78, 5) is 25.8. The molecule has 0 saturated carbocycles. The summed E-state index contributed by atoms with van der Waals surface area (Å²) in [6.07, 6.45) is 1.00. The molecule has 2 aliphatic heterocycles. The topological polar surface area (TPSA) is 77.0 Å². The van der Waals surface area contributed by atoms with Crippen LogP contribution in [0, 0.1) is 0 Å². The lowest BCUT2D eigenvalue weighted by molar-refractivity contribution is -0.138. The van der Waals surface area contributed by atoms with Crippen molar-refractivity contribution in [2.45, 2.75) is 13.0 Å². The second kappa shape index (κ2) is 8.74. The van der Waals surface area contributed by atoms with Crippen molar-refractivity contribution in [2.24, 2.45) is 0 Å². The maximum absolute atomic E-state index is 12.9. The largest absolute Gasteiger partial charge is 0.481 e. The smallest absolute Gasteiger partial charge is 0.263 e. The molecular weight excluding hydrogens is 408 g/mol. The SMILES string of the molecule is CC(Oc1ccc2c(c1)OCO2)C(=O)N1CCN(c2cc(-c3ccccc3)ncn2)CC1. The normalized spacial score (nSPS) is 16.0.